The van der Waals surface area contributed by atoms with Crippen molar-refractivity contribution in [2.75, 3.05) is 4.72 Å². The van der Waals surface area contributed by atoms with Gasteiger partial charge in [0.1, 0.15) is 17.7 Å². The molecular weight excluding hydrogens is 269 g/mol. The van der Waals surface area contributed by atoms with Crippen molar-refractivity contribution >= 4 is 15.8 Å². The molecule has 96 valence electrons. The Morgan fingerprint density at radius 1 is 1.26 bits per heavy atom. The van der Waals surface area contributed by atoms with Crippen LogP contribution in [0, 0.1) is 17.1 Å². The maximum Gasteiger partial charge on any atom is 0.263 e. The maximum absolute atomic E-state index is 13.1. The van der Waals surface area contributed by atoms with E-state index in [0.717, 1.165) is 18.2 Å². The molecule has 1 aromatic heterocycles. The third-order valence-electron chi connectivity index (χ3n) is 2.27. The standard InChI is InChI=1S/C12H8FN3O2S/c13-11-5-4-10(7-9(11)8-14)19(17,18)16-12-3-1-2-6-15-12/h1-7H,(H,15,16). The molecule has 0 atom stereocenters. The SMILES string of the molecule is N#Cc1cc(S(=O)(=O)Nc2ccccn2)ccc1F. The molecule has 0 unspecified atom stereocenters. The lowest BCUT2D eigenvalue weighted by atomic mass is 10.2. The molecule has 0 radical (unpaired) electrons. The van der Waals surface area contributed by atoms with Gasteiger partial charge in [-0.2, -0.15) is 5.26 Å². The molecular formula is C12H8FN3O2S. The molecule has 0 saturated carbocycles. The Hall–Kier alpha value is -2.46. The molecule has 0 amide bonds. The Labute approximate surface area is 109 Å². The summed E-state index contributed by atoms with van der Waals surface area (Å²) in [6, 6.07) is 9.32. The maximum atomic E-state index is 13.1. The second kappa shape index (κ2) is 5.04. The minimum absolute atomic E-state index is 0.144. The molecule has 1 heterocycles. The van der Waals surface area contributed by atoms with E-state index < -0.39 is 15.8 Å². The minimum Gasteiger partial charge on any atom is -0.263 e. The zero-order valence-corrected chi connectivity index (χ0v) is 10.4. The fourth-order valence-corrected chi connectivity index (χ4v) is 2.41. The van der Waals surface area contributed by atoms with Crippen LogP contribution >= 0.6 is 0 Å². The lowest BCUT2D eigenvalue weighted by Crippen LogP contribution is -2.14. The summed E-state index contributed by atoms with van der Waals surface area (Å²) in [5.74, 6) is -0.621. The van der Waals surface area contributed by atoms with E-state index in [4.69, 9.17) is 5.26 Å². The second-order valence-electron chi connectivity index (χ2n) is 3.57. The van der Waals surface area contributed by atoms with Crippen molar-refractivity contribution in [1.82, 2.24) is 4.98 Å². The molecule has 1 aromatic carbocycles. The van der Waals surface area contributed by atoms with E-state index >= 15 is 0 Å². The third-order valence-corrected chi connectivity index (χ3v) is 3.62. The van der Waals surface area contributed by atoms with E-state index in [9.17, 15) is 12.8 Å². The number of nitrogens with one attached hydrogen (secondary N) is 1. The molecule has 0 saturated heterocycles. The molecule has 2 rings (SSSR count). The van der Waals surface area contributed by atoms with Gasteiger partial charge in [0.15, 0.2) is 0 Å². The Balaban J connectivity index is 2.38. The number of benzene rings is 1. The molecule has 0 aliphatic heterocycles. The van der Waals surface area contributed by atoms with Gasteiger partial charge in [0.25, 0.3) is 10.0 Å². The molecule has 0 fully saturated rings. The van der Waals surface area contributed by atoms with Crippen LogP contribution in [0.25, 0.3) is 0 Å². The van der Waals surface area contributed by atoms with Gasteiger partial charge in [-0.05, 0) is 30.3 Å². The summed E-state index contributed by atoms with van der Waals surface area (Å²) < 4.78 is 39.4. The van der Waals surface area contributed by atoms with Gasteiger partial charge < -0.3 is 0 Å². The van der Waals surface area contributed by atoms with Crippen molar-refractivity contribution in [2.45, 2.75) is 4.90 Å². The van der Waals surface area contributed by atoms with E-state index in [-0.39, 0.29) is 16.3 Å². The van der Waals surface area contributed by atoms with Crippen LogP contribution in [-0.2, 0) is 10.0 Å². The van der Waals surface area contributed by atoms with Crippen LogP contribution in [-0.4, -0.2) is 13.4 Å². The number of hydrogen-bond acceptors (Lipinski definition) is 4. The van der Waals surface area contributed by atoms with Crippen molar-refractivity contribution < 1.29 is 12.8 Å². The van der Waals surface area contributed by atoms with Crippen LogP contribution in [0.15, 0.2) is 47.5 Å². The van der Waals surface area contributed by atoms with Gasteiger partial charge >= 0.3 is 0 Å². The molecule has 7 heteroatoms. The molecule has 19 heavy (non-hydrogen) atoms. The number of hydrogen-bond donors (Lipinski definition) is 1. The van der Waals surface area contributed by atoms with Gasteiger partial charge in [0.2, 0.25) is 0 Å². The molecule has 0 bridgehead atoms. The average Bonchev–Trinajstić information content (AvgIpc) is 2.39. The second-order valence-corrected chi connectivity index (χ2v) is 5.26. The predicted molar refractivity (Wildman–Crippen MR) is 66.2 cm³/mol. The summed E-state index contributed by atoms with van der Waals surface area (Å²) >= 11 is 0. The van der Waals surface area contributed by atoms with Crippen LogP contribution in [0.5, 0.6) is 0 Å². The molecule has 2 aromatic rings. The monoisotopic (exact) mass is 277 g/mol. The van der Waals surface area contributed by atoms with Gasteiger partial charge in [-0.3, -0.25) is 4.72 Å². The predicted octanol–water partition coefficient (Wildman–Crippen LogP) is 1.89. The Bertz CT molecular complexity index is 739. The number of sulfonamides is 1. The number of aromatic nitrogens is 1. The number of anilines is 1. The number of nitriles is 1. The van der Waals surface area contributed by atoms with Gasteiger partial charge in [-0.15, -0.1) is 0 Å². The number of pyridine rings is 1. The molecule has 5 nitrogen and oxygen atoms in total. The third kappa shape index (κ3) is 2.86. The van der Waals surface area contributed by atoms with Crippen molar-refractivity contribution in [3.8, 4) is 6.07 Å². The first kappa shape index (κ1) is 13.0. The zero-order chi connectivity index (χ0) is 13.9. The van der Waals surface area contributed by atoms with E-state index in [0.29, 0.717) is 0 Å². The lowest BCUT2D eigenvalue weighted by Gasteiger charge is -2.07. The van der Waals surface area contributed by atoms with Gasteiger partial charge in [-0.25, -0.2) is 17.8 Å². The number of halogens is 1. The van der Waals surface area contributed by atoms with Gasteiger partial charge in [0, 0.05) is 6.20 Å². The number of nitrogens with zero attached hydrogens (tertiary/aromatic N) is 2. The summed E-state index contributed by atoms with van der Waals surface area (Å²) in [6.45, 7) is 0. The molecule has 0 aliphatic carbocycles. The molecule has 0 aliphatic rings. The van der Waals surface area contributed by atoms with Crippen LogP contribution < -0.4 is 4.72 Å². The normalized spacial score (nSPS) is 10.7. The highest BCUT2D eigenvalue weighted by molar-refractivity contribution is 7.92. The van der Waals surface area contributed by atoms with Crippen molar-refractivity contribution in [3.63, 3.8) is 0 Å². The highest BCUT2D eigenvalue weighted by atomic mass is 32.2. The Morgan fingerprint density at radius 3 is 2.68 bits per heavy atom. The van der Waals surface area contributed by atoms with E-state index in [2.05, 4.69) is 9.71 Å². The summed E-state index contributed by atoms with van der Waals surface area (Å²) in [6.07, 6.45) is 1.43. The quantitative estimate of drug-likeness (QED) is 0.928. The summed E-state index contributed by atoms with van der Waals surface area (Å²) in [4.78, 5) is 3.62. The largest absolute Gasteiger partial charge is 0.263 e. The summed E-state index contributed by atoms with van der Waals surface area (Å²) in [5, 5.41) is 8.68. The summed E-state index contributed by atoms with van der Waals surface area (Å²) in [5.41, 5.74) is -0.330. The topological polar surface area (TPSA) is 82.8 Å². The minimum atomic E-state index is -3.89. The van der Waals surface area contributed by atoms with Crippen molar-refractivity contribution in [1.29, 1.82) is 5.26 Å². The smallest absolute Gasteiger partial charge is 0.263 e. The highest BCUT2D eigenvalue weighted by Gasteiger charge is 2.16. The molecule has 0 spiro atoms. The van der Waals surface area contributed by atoms with E-state index in [1.807, 2.05) is 0 Å². The highest BCUT2D eigenvalue weighted by Crippen LogP contribution is 2.17. The van der Waals surface area contributed by atoms with Crippen LogP contribution in [0.1, 0.15) is 5.56 Å². The van der Waals surface area contributed by atoms with Crippen LogP contribution in [0.3, 0.4) is 0 Å². The van der Waals surface area contributed by atoms with Crippen LogP contribution in [0.4, 0.5) is 10.2 Å². The van der Waals surface area contributed by atoms with Gasteiger partial charge in [0.05, 0.1) is 10.5 Å². The van der Waals surface area contributed by atoms with E-state index in [1.165, 1.54) is 12.3 Å². The summed E-state index contributed by atoms with van der Waals surface area (Å²) in [7, 11) is -3.89. The van der Waals surface area contributed by atoms with Crippen molar-refractivity contribution in [2.24, 2.45) is 0 Å². The first-order valence-electron chi connectivity index (χ1n) is 5.16. The fourth-order valence-electron chi connectivity index (χ4n) is 1.38. The zero-order valence-electron chi connectivity index (χ0n) is 9.54. The Morgan fingerprint density at radius 2 is 2.05 bits per heavy atom. The average molecular weight is 277 g/mol. The van der Waals surface area contributed by atoms with E-state index in [1.54, 1.807) is 18.2 Å². The first-order chi connectivity index (χ1) is 9.03. The van der Waals surface area contributed by atoms with Crippen molar-refractivity contribution in [3.05, 3.63) is 54.0 Å². The van der Waals surface area contributed by atoms with Crippen LogP contribution in [0.2, 0.25) is 0 Å². The molecule has 1 N–H and O–H groups in total. The fraction of sp³-hybridized carbons (Fsp3) is 0. The number of rotatable bonds is 3. The van der Waals surface area contributed by atoms with Gasteiger partial charge in [-0.1, -0.05) is 6.07 Å². The first-order valence-corrected chi connectivity index (χ1v) is 6.65. The Kier molecular flexibility index (Phi) is 3.44. The lowest BCUT2D eigenvalue weighted by molar-refractivity contribution is 0.599.